The van der Waals surface area contributed by atoms with Gasteiger partial charge in [-0.25, -0.2) is 9.18 Å². The Hall–Kier alpha value is -2.60. The van der Waals surface area contributed by atoms with E-state index in [1.54, 1.807) is 11.0 Å². The second-order valence-corrected chi connectivity index (χ2v) is 7.19. The minimum absolute atomic E-state index is 0.242. The molecule has 0 bridgehead atoms. The van der Waals surface area contributed by atoms with Gasteiger partial charge in [0.15, 0.2) is 5.75 Å². The molecular weight excluding hydrogens is 345 g/mol. The Morgan fingerprint density at radius 3 is 2.74 bits per heavy atom. The molecule has 0 radical (unpaired) electrons. The number of hydrogen-bond donors (Lipinski definition) is 2. The summed E-state index contributed by atoms with van der Waals surface area (Å²) in [6, 6.07) is 10.5. The number of urea groups is 1. The number of amides is 2. The van der Waals surface area contributed by atoms with Gasteiger partial charge in [-0.05, 0) is 54.2 Å². The largest absolute Gasteiger partial charge is 0.378 e. The highest BCUT2D eigenvalue weighted by molar-refractivity contribution is 5.73. The number of carbonyl (C=O) groups is 1. The lowest BCUT2D eigenvalue weighted by molar-refractivity contribution is 0.135. The monoisotopic (exact) mass is 369 g/mol. The molecular formula is C21H24FN3O2. The average molecular weight is 369 g/mol. The van der Waals surface area contributed by atoms with Gasteiger partial charge in [-0.15, -0.1) is 0 Å². The van der Waals surface area contributed by atoms with Crippen molar-refractivity contribution in [3.8, 4) is 5.75 Å². The van der Waals surface area contributed by atoms with Crippen LogP contribution in [-0.2, 0) is 19.5 Å². The zero-order chi connectivity index (χ0) is 18.6. The Morgan fingerprint density at radius 1 is 1.07 bits per heavy atom. The molecule has 2 N–H and O–H groups in total. The fourth-order valence-electron chi connectivity index (χ4n) is 3.72. The molecule has 142 valence electrons. The van der Waals surface area contributed by atoms with Gasteiger partial charge in [-0.1, -0.05) is 18.2 Å². The van der Waals surface area contributed by atoms with Crippen molar-refractivity contribution >= 4 is 6.03 Å². The summed E-state index contributed by atoms with van der Waals surface area (Å²) in [7, 11) is 0. The number of piperidine rings is 1. The molecule has 0 aliphatic carbocycles. The van der Waals surface area contributed by atoms with E-state index >= 15 is 0 Å². The summed E-state index contributed by atoms with van der Waals surface area (Å²) in [6.45, 7) is 3.25. The summed E-state index contributed by atoms with van der Waals surface area (Å²) in [4.78, 5) is 19.5. The number of nitrogens with zero attached hydrogens (tertiary/aromatic N) is 1. The lowest BCUT2D eigenvalue weighted by atomic mass is 10.00. The zero-order valence-corrected chi connectivity index (χ0v) is 15.3. The number of halogens is 1. The summed E-state index contributed by atoms with van der Waals surface area (Å²) in [5, 5.41) is 3.33. The van der Waals surface area contributed by atoms with Crippen molar-refractivity contribution in [2.75, 3.05) is 13.1 Å². The molecule has 5 nitrogen and oxygen atoms in total. The Balaban J connectivity index is 1.46. The minimum Gasteiger partial charge on any atom is -0.378 e. The van der Waals surface area contributed by atoms with E-state index in [4.69, 9.17) is 4.84 Å². The van der Waals surface area contributed by atoms with Gasteiger partial charge in [0.2, 0.25) is 0 Å². The van der Waals surface area contributed by atoms with Crippen molar-refractivity contribution in [1.29, 1.82) is 0 Å². The smallest absolute Gasteiger partial charge is 0.350 e. The van der Waals surface area contributed by atoms with Gasteiger partial charge in [-0.3, -0.25) is 0 Å². The highest BCUT2D eigenvalue weighted by Crippen LogP contribution is 2.25. The van der Waals surface area contributed by atoms with Gasteiger partial charge >= 0.3 is 6.03 Å². The summed E-state index contributed by atoms with van der Waals surface area (Å²) < 4.78 is 13.8. The molecule has 0 aromatic heterocycles. The summed E-state index contributed by atoms with van der Waals surface area (Å²) in [5.41, 5.74) is 6.90. The standard InChI is InChI=1S/C21H24FN3O2/c22-19-6-7-20(27-24-21(26)25-8-2-1-3-9-25)17(12-19)10-15-4-5-16-13-23-14-18(16)11-15/h4-7,11-12,23H,1-3,8-10,13-14H2,(H,24,26). The molecule has 4 rings (SSSR count). The quantitative estimate of drug-likeness (QED) is 0.811. The molecule has 0 unspecified atom stereocenters. The van der Waals surface area contributed by atoms with E-state index in [9.17, 15) is 9.18 Å². The fraction of sp³-hybridized carbons (Fsp3) is 0.381. The van der Waals surface area contributed by atoms with Gasteiger partial charge in [0.25, 0.3) is 0 Å². The van der Waals surface area contributed by atoms with E-state index in [0.717, 1.165) is 51.0 Å². The van der Waals surface area contributed by atoms with Crippen LogP contribution in [0.4, 0.5) is 9.18 Å². The van der Waals surface area contributed by atoms with Crippen molar-refractivity contribution < 1.29 is 14.0 Å². The van der Waals surface area contributed by atoms with Crippen LogP contribution in [0.15, 0.2) is 36.4 Å². The molecule has 0 spiro atoms. The van der Waals surface area contributed by atoms with E-state index in [1.807, 2.05) is 0 Å². The first-order valence-corrected chi connectivity index (χ1v) is 9.50. The number of benzene rings is 2. The number of rotatable bonds is 4. The first kappa shape index (κ1) is 17.8. The number of fused-ring (bicyclic) bond motifs is 1. The predicted molar refractivity (Wildman–Crippen MR) is 101 cm³/mol. The van der Waals surface area contributed by atoms with Crippen molar-refractivity contribution in [3.63, 3.8) is 0 Å². The molecule has 1 saturated heterocycles. The number of likely N-dealkylation sites (tertiary alicyclic amines) is 1. The Morgan fingerprint density at radius 2 is 1.89 bits per heavy atom. The van der Waals surface area contributed by atoms with Crippen LogP contribution in [0, 0.1) is 5.82 Å². The van der Waals surface area contributed by atoms with Crippen molar-refractivity contribution in [2.45, 2.75) is 38.8 Å². The maximum absolute atomic E-state index is 13.8. The fourth-order valence-corrected chi connectivity index (χ4v) is 3.72. The van der Waals surface area contributed by atoms with Crippen LogP contribution in [0.1, 0.15) is 41.5 Å². The van der Waals surface area contributed by atoms with Crippen LogP contribution in [0.3, 0.4) is 0 Å². The molecule has 2 heterocycles. The van der Waals surface area contributed by atoms with Crippen molar-refractivity contribution in [1.82, 2.24) is 15.7 Å². The normalized spacial score (nSPS) is 16.1. The van der Waals surface area contributed by atoms with Crippen LogP contribution in [0.5, 0.6) is 5.75 Å². The summed E-state index contributed by atoms with van der Waals surface area (Å²) in [5.74, 6) is 0.155. The van der Waals surface area contributed by atoms with Gasteiger partial charge < -0.3 is 15.1 Å². The summed E-state index contributed by atoms with van der Waals surface area (Å²) >= 11 is 0. The highest BCUT2D eigenvalue weighted by Gasteiger charge is 2.18. The third-order valence-corrected chi connectivity index (χ3v) is 5.21. The van der Waals surface area contributed by atoms with Crippen LogP contribution in [0.25, 0.3) is 0 Å². The minimum atomic E-state index is -0.317. The Bertz CT molecular complexity index is 834. The van der Waals surface area contributed by atoms with Crippen molar-refractivity contribution in [2.24, 2.45) is 0 Å². The lowest BCUT2D eigenvalue weighted by Gasteiger charge is -2.26. The van der Waals surface area contributed by atoms with Crippen LogP contribution >= 0.6 is 0 Å². The zero-order valence-electron chi connectivity index (χ0n) is 15.3. The first-order valence-electron chi connectivity index (χ1n) is 9.50. The Labute approximate surface area is 158 Å². The van der Waals surface area contributed by atoms with Gasteiger partial charge in [0.1, 0.15) is 5.82 Å². The number of nitrogens with one attached hydrogen (secondary N) is 2. The van der Waals surface area contributed by atoms with Crippen molar-refractivity contribution in [3.05, 3.63) is 64.5 Å². The maximum Gasteiger partial charge on any atom is 0.350 e. The Kier molecular flexibility index (Phi) is 5.25. The van der Waals surface area contributed by atoms with Crippen LogP contribution in [0.2, 0.25) is 0 Å². The third-order valence-electron chi connectivity index (χ3n) is 5.21. The van der Waals surface area contributed by atoms with E-state index in [1.165, 1.54) is 23.3 Å². The van der Waals surface area contributed by atoms with E-state index in [2.05, 4.69) is 29.0 Å². The third kappa shape index (κ3) is 4.22. The average Bonchev–Trinajstić information content (AvgIpc) is 3.16. The lowest BCUT2D eigenvalue weighted by Crippen LogP contribution is -2.44. The molecule has 2 aliphatic rings. The van der Waals surface area contributed by atoms with Crippen LogP contribution in [-0.4, -0.2) is 24.0 Å². The topological polar surface area (TPSA) is 53.6 Å². The molecule has 27 heavy (non-hydrogen) atoms. The van der Waals surface area contributed by atoms with E-state index in [-0.39, 0.29) is 11.8 Å². The molecule has 2 aromatic rings. The number of hydrogen-bond acceptors (Lipinski definition) is 3. The SMILES string of the molecule is O=C(NOc1ccc(F)cc1Cc1ccc2c(c1)CNC2)N1CCCCC1. The van der Waals surface area contributed by atoms with Gasteiger partial charge in [0.05, 0.1) is 0 Å². The van der Waals surface area contributed by atoms with E-state index < -0.39 is 0 Å². The van der Waals surface area contributed by atoms with E-state index in [0.29, 0.717) is 17.7 Å². The van der Waals surface area contributed by atoms with Gasteiger partial charge in [0, 0.05) is 38.2 Å². The second-order valence-electron chi connectivity index (χ2n) is 7.19. The molecule has 6 heteroatoms. The maximum atomic E-state index is 13.8. The molecule has 0 atom stereocenters. The molecule has 2 amide bonds. The second kappa shape index (κ2) is 7.96. The highest BCUT2D eigenvalue weighted by atomic mass is 19.1. The first-order chi connectivity index (χ1) is 13.2. The summed E-state index contributed by atoms with van der Waals surface area (Å²) in [6.07, 6.45) is 3.73. The van der Waals surface area contributed by atoms with Gasteiger partial charge in [-0.2, -0.15) is 5.48 Å². The molecule has 1 fully saturated rings. The number of hydroxylamine groups is 1. The predicted octanol–water partition coefficient (Wildman–Crippen LogP) is 3.51. The molecule has 2 aliphatic heterocycles. The molecule has 2 aromatic carbocycles. The number of carbonyl (C=O) groups excluding carboxylic acids is 1. The molecule has 0 saturated carbocycles. The van der Waals surface area contributed by atoms with Crippen LogP contribution < -0.4 is 15.6 Å².